The van der Waals surface area contributed by atoms with Crippen molar-refractivity contribution >= 4 is 17.7 Å². The van der Waals surface area contributed by atoms with Crippen LogP contribution in [0.4, 0.5) is 0 Å². The molecule has 3 amide bonds. The number of carbonyl (C=O) groups excluding carboxylic acids is 3. The fourth-order valence-corrected chi connectivity index (χ4v) is 4.15. The number of likely N-dealkylation sites (tertiary alicyclic amines) is 1. The van der Waals surface area contributed by atoms with Gasteiger partial charge in [0, 0.05) is 32.1 Å². The predicted octanol–water partition coefficient (Wildman–Crippen LogP) is 2.34. The second kappa shape index (κ2) is 12.6. The SMILES string of the molecule is CCCC(=O)N(CCc1ccccc1)C[C@@H]1CCCN1C(=O)[C@@H](NC(=O)[C@H](C)N)C(C)C. The molecular weight excluding hydrogens is 404 g/mol. The maximum atomic E-state index is 13.4. The molecule has 1 aliphatic heterocycles. The van der Waals surface area contributed by atoms with Crippen LogP contribution in [0.1, 0.15) is 58.9 Å². The van der Waals surface area contributed by atoms with Crippen LogP contribution in [0.15, 0.2) is 30.3 Å². The molecule has 0 aliphatic carbocycles. The number of nitrogens with two attached hydrogens (primary N) is 1. The summed E-state index contributed by atoms with van der Waals surface area (Å²) in [7, 11) is 0. The minimum Gasteiger partial charge on any atom is -0.343 e. The van der Waals surface area contributed by atoms with E-state index in [9.17, 15) is 14.4 Å². The molecule has 1 saturated heterocycles. The first-order valence-corrected chi connectivity index (χ1v) is 11.9. The fraction of sp³-hybridized carbons (Fsp3) is 0.640. The van der Waals surface area contributed by atoms with Crippen LogP contribution in [0.25, 0.3) is 0 Å². The Morgan fingerprint density at radius 1 is 1.19 bits per heavy atom. The lowest BCUT2D eigenvalue weighted by Crippen LogP contribution is -2.56. The average Bonchev–Trinajstić information content (AvgIpc) is 3.23. The molecule has 178 valence electrons. The summed E-state index contributed by atoms with van der Waals surface area (Å²) in [5.41, 5.74) is 6.89. The molecule has 2 rings (SSSR count). The Kier molecular flexibility index (Phi) is 10.2. The van der Waals surface area contributed by atoms with E-state index in [4.69, 9.17) is 5.73 Å². The molecule has 3 N–H and O–H groups in total. The third kappa shape index (κ3) is 7.33. The van der Waals surface area contributed by atoms with Crippen LogP contribution in [-0.4, -0.2) is 65.3 Å². The standard InChI is InChI=1S/C25H40N4O3/c1-5-10-22(30)28(16-14-20-11-7-6-8-12-20)17-21-13-9-15-29(21)25(32)23(18(2)3)27-24(31)19(4)26/h6-8,11-12,18-19,21,23H,5,9-10,13-17,26H2,1-4H3,(H,27,31)/t19-,21-,23-/m0/s1. The molecule has 0 saturated carbocycles. The van der Waals surface area contributed by atoms with E-state index in [1.165, 1.54) is 5.56 Å². The number of amides is 3. The van der Waals surface area contributed by atoms with Gasteiger partial charge in [0.1, 0.15) is 6.04 Å². The predicted molar refractivity (Wildman–Crippen MR) is 127 cm³/mol. The van der Waals surface area contributed by atoms with E-state index in [1.54, 1.807) is 6.92 Å². The second-order valence-electron chi connectivity index (χ2n) is 9.17. The van der Waals surface area contributed by atoms with Crippen LogP contribution in [0.2, 0.25) is 0 Å². The van der Waals surface area contributed by atoms with Crippen molar-refractivity contribution in [3.8, 4) is 0 Å². The highest BCUT2D eigenvalue weighted by atomic mass is 16.2. The van der Waals surface area contributed by atoms with Crippen LogP contribution < -0.4 is 11.1 Å². The highest BCUT2D eigenvalue weighted by Crippen LogP contribution is 2.22. The molecular formula is C25H40N4O3. The Bertz CT molecular complexity index is 751. The number of nitrogens with zero attached hydrogens (tertiary/aromatic N) is 2. The Morgan fingerprint density at radius 2 is 1.88 bits per heavy atom. The summed E-state index contributed by atoms with van der Waals surface area (Å²) in [6.07, 6.45) is 3.85. The van der Waals surface area contributed by atoms with Gasteiger partial charge in [-0.1, -0.05) is 51.1 Å². The molecule has 32 heavy (non-hydrogen) atoms. The summed E-state index contributed by atoms with van der Waals surface area (Å²) < 4.78 is 0. The average molecular weight is 445 g/mol. The number of benzene rings is 1. The van der Waals surface area contributed by atoms with Crippen molar-refractivity contribution in [2.24, 2.45) is 11.7 Å². The monoisotopic (exact) mass is 444 g/mol. The summed E-state index contributed by atoms with van der Waals surface area (Å²) in [4.78, 5) is 42.2. The van der Waals surface area contributed by atoms with E-state index < -0.39 is 12.1 Å². The van der Waals surface area contributed by atoms with Crippen LogP contribution >= 0.6 is 0 Å². The molecule has 1 heterocycles. The Labute approximate surface area is 192 Å². The van der Waals surface area contributed by atoms with Crippen molar-refractivity contribution in [2.75, 3.05) is 19.6 Å². The maximum Gasteiger partial charge on any atom is 0.245 e. The van der Waals surface area contributed by atoms with Gasteiger partial charge >= 0.3 is 0 Å². The van der Waals surface area contributed by atoms with Crippen LogP contribution in [0.3, 0.4) is 0 Å². The van der Waals surface area contributed by atoms with Gasteiger partial charge in [-0.05, 0) is 44.1 Å². The minimum absolute atomic E-state index is 0.0347. The van der Waals surface area contributed by atoms with Crippen LogP contribution in [0, 0.1) is 5.92 Å². The van der Waals surface area contributed by atoms with E-state index in [-0.39, 0.29) is 29.7 Å². The molecule has 1 aromatic carbocycles. The smallest absolute Gasteiger partial charge is 0.245 e. The van der Waals surface area contributed by atoms with Crippen molar-refractivity contribution in [3.05, 3.63) is 35.9 Å². The first-order chi connectivity index (χ1) is 15.2. The van der Waals surface area contributed by atoms with E-state index in [2.05, 4.69) is 17.4 Å². The number of carbonyl (C=O) groups is 3. The normalized spacial score (nSPS) is 17.8. The first-order valence-electron chi connectivity index (χ1n) is 11.9. The van der Waals surface area contributed by atoms with Gasteiger partial charge < -0.3 is 20.9 Å². The number of rotatable bonds is 11. The molecule has 3 atom stereocenters. The second-order valence-corrected chi connectivity index (χ2v) is 9.17. The highest BCUT2D eigenvalue weighted by molar-refractivity contribution is 5.90. The lowest BCUT2D eigenvalue weighted by molar-refractivity contribution is -0.140. The van der Waals surface area contributed by atoms with E-state index >= 15 is 0 Å². The zero-order valence-electron chi connectivity index (χ0n) is 20.0. The van der Waals surface area contributed by atoms with Crippen molar-refractivity contribution in [2.45, 2.75) is 77.9 Å². The summed E-state index contributed by atoms with van der Waals surface area (Å²) >= 11 is 0. The summed E-state index contributed by atoms with van der Waals surface area (Å²) in [5.74, 6) is -0.325. The van der Waals surface area contributed by atoms with Gasteiger partial charge in [0.15, 0.2) is 0 Å². The molecule has 1 fully saturated rings. The van der Waals surface area contributed by atoms with Gasteiger partial charge in [0.2, 0.25) is 17.7 Å². The molecule has 0 aromatic heterocycles. The van der Waals surface area contributed by atoms with Crippen molar-refractivity contribution in [1.29, 1.82) is 0 Å². The summed E-state index contributed by atoms with van der Waals surface area (Å²) in [6.45, 7) is 9.28. The van der Waals surface area contributed by atoms with Crippen LogP contribution in [-0.2, 0) is 20.8 Å². The largest absolute Gasteiger partial charge is 0.343 e. The third-order valence-electron chi connectivity index (χ3n) is 6.07. The van der Waals surface area contributed by atoms with E-state index in [1.807, 2.05) is 48.8 Å². The Balaban J connectivity index is 2.10. The lowest BCUT2D eigenvalue weighted by atomic mass is 10.0. The number of hydrogen-bond donors (Lipinski definition) is 2. The molecule has 1 aliphatic rings. The Hall–Kier alpha value is -2.41. The van der Waals surface area contributed by atoms with E-state index in [0.717, 1.165) is 25.7 Å². The highest BCUT2D eigenvalue weighted by Gasteiger charge is 2.36. The van der Waals surface area contributed by atoms with Gasteiger partial charge in [0.25, 0.3) is 0 Å². The number of hydrogen-bond acceptors (Lipinski definition) is 4. The zero-order chi connectivity index (χ0) is 23.7. The molecule has 0 bridgehead atoms. The van der Waals surface area contributed by atoms with Gasteiger partial charge in [-0.2, -0.15) is 0 Å². The van der Waals surface area contributed by atoms with Crippen LogP contribution in [0.5, 0.6) is 0 Å². The maximum absolute atomic E-state index is 13.4. The summed E-state index contributed by atoms with van der Waals surface area (Å²) in [5, 5.41) is 2.82. The molecule has 0 unspecified atom stereocenters. The quantitative estimate of drug-likeness (QED) is 0.548. The minimum atomic E-state index is -0.668. The van der Waals surface area contributed by atoms with E-state index in [0.29, 0.717) is 26.1 Å². The van der Waals surface area contributed by atoms with Gasteiger partial charge in [-0.15, -0.1) is 0 Å². The summed E-state index contributed by atoms with van der Waals surface area (Å²) in [6, 6.07) is 8.83. The molecule has 1 aromatic rings. The number of nitrogens with one attached hydrogen (secondary N) is 1. The van der Waals surface area contributed by atoms with Crippen molar-refractivity contribution in [3.63, 3.8) is 0 Å². The third-order valence-corrected chi connectivity index (χ3v) is 6.07. The van der Waals surface area contributed by atoms with Crippen molar-refractivity contribution < 1.29 is 14.4 Å². The molecule has 7 heteroatoms. The fourth-order valence-electron chi connectivity index (χ4n) is 4.15. The zero-order valence-corrected chi connectivity index (χ0v) is 20.0. The molecule has 0 spiro atoms. The van der Waals surface area contributed by atoms with Crippen molar-refractivity contribution in [1.82, 2.24) is 15.1 Å². The first kappa shape index (κ1) is 25.8. The molecule has 7 nitrogen and oxygen atoms in total. The van der Waals surface area contributed by atoms with Gasteiger partial charge in [-0.3, -0.25) is 14.4 Å². The Morgan fingerprint density at radius 3 is 2.47 bits per heavy atom. The van der Waals surface area contributed by atoms with Gasteiger partial charge in [-0.25, -0.2) is 0 Å². The molecule has 0 radical (unpaired) electrons. The van der Waals surface area contributed by atoms with Gasteiger partial charge in [0.05, 0.1) is 6.04 Å². The lowest BCUT2D eigenvalue weighted by Gasteiger charge is -2.34. The topological polar surface area (TPSA) is 95.7 Å².